The highest BCUT2D eigenvalue weighted by Gasteiger charge is 2.40. The summed E-state index contributed by atoms with van der Waals surface area (Å²) in [4.78, 5) is 48.5. The molecule has 2 aliphatic rings. The number of methoxy groups -OCH3 is 1. The van der Waals surface area contributed by atoms with E-state index >= 15 is 0 Å². The summed E-state index contributed by atoms with van der Waals surface area (Å²) in [6.45, 7) is 0.302. The maximum absolute atomic E-state index is 12.7. The maximum Gasteiger partial charge on any atom is 0.339 e. The van der Waals surface area contributed by atoms with Crippen LogP contribution in [0.4, 0.5) is 4.79 Å². The average molecular weight is 541 g/mol. The Morgan fingerprint density at radius 1 is 1.10 bits per heavy atom. The number of aromatic nitrogens is 1. The number of hydrogen-bond acceptors (Lipinski definition) is 8. The quantitative estimate of drug-likeness (QED) is 0.425. The Morgan fingerprint density at radius 3 is 2.38 bits per heavy atom. The second-order valence-electron chi connectivity index (χ2n) is 8.96. The van der Waals surface area contributed by atoms with Gasteiger partial charge in [-0.05, 0) is 55.0 Å². The number of nitrogens with zero attached hydrogens (tertiary/aromatic N) is 3. The first-order valence-electron chi connectivity index (χ1n) is 12.4. The molecule has 4 rings (SSSR count). The van der Waals surface area contributed by atoms with E-state index in [1.54, 1.807) is 37.6 Å². The van der Waals surface area contributed by atoms with E-state index in [4.69, 9.17) is 19.7 Å². The molecule has 2 aromatic rings. The van der Waals surface area contributed by atoms with Gasteiger partial charge in [-0.2, -0.15) is 5.01 Å². The van der Waals surface area contributed by atoms with Crippen molar-refractivity contribution in [3.63, 3.8) is 0 Å². The van der Waals surface area contributed by atoms with Crippen LogP contribution in [-0.4, -0.2) is 69.4 Å². The van der Waals surface area contributed by atoms with Crippen LogP contribution >= 0.6 is 0 Å². The van der Waals surface area contributed by atoms with Crippen molar-refractivity contribution in [1.82, 2.24) is 20.3 Å². The van der Waals surface area contributed by atoms with Crippen molar-refractivity contribution in [3.8, 4) is 11.5 Å². The molecule has 0 spiro atoms. The molecule has 3 amide bonds. The predicted octanol–water partition coefficient (Wildman–Crippen LogP) is 3.15. The van der Waals surface area contributed by atoms with E-state index in [0.29, 0.717) is 30.2 Å². The molecule has 0 bridgehead atoms. The van der Waals surface area contributed by atoms with Crippen molar-refractivity contribution in [2.45, 2.75) is 50.8 Å². The molecule has 1 saturated carbocycles. The molecule has 0 radical (unpaired) electrons. The molecule has 3 N–H and O–H groups in total. The summed E-state index contributed by atoms with van der Waals surface area (Å²) in [7, 11) is 3.37. The standard InChI is InChI=1S/C23H28N4O4.C4H4O4/c1-26-19(13-22(28)27(26)23(29)25-15-16-6-5-11-24-14-16)17-9-10-20(30-2)21(12-17)31-18-7-3-4-8-18;5-3(6)1-2-4(7)8/h5-6,9-12,14,18-19H,3-4,7-8,13,15H2,1-2H3,(H,25,29);1-2H,(H,5,6)(H,7,8)/b;2-1-/t19-;/m1./s1. The zero-order chi connectivity index (χ0) is 28.4. The molecule has 1 aliphatic carbocycles. The minimum absolute atomic E-state index is 0.196. The Balaban J connectivity index is 0.000000459. The van der Waals surface area contributed by atoms with Crippen molar-refractivity contribution in [3.05, 3.63) is 66.0 Å². The van der Waals surface area contributed by atoms with E-state index in [2.05, 4.69) is 10.3 Å². The summed E-state index contributed by atoms with van der Waals surface area (Å²) >= 11 is 0. The molecule has 12 heteroatoms. The third-order valence-electron chi connectivity index (χ3n) is 6.27. The lowest BCUT2D eigenvalue weighted by atomic mass is 10.0. The third-order valence-corrected chi connectivity index (χ3v) is 6.27. The molecule has 39 heavy (non-hydrogen) atoms. The van der Waals surface area contributed by atoms with Gasteiger partial charge in [-0.1, -0.05) is 12.1 Å². The highest BCUT2D eigenvalue weighted by atomic mass is 16.5. The first kappa shape index (κ1) is 29.1. The zero-order valence-electron chi connectivity index (χ0n) is 21.8. The van der Waals surface area contributed by atoms with Crippen LogP contribution in [0, 0.1) is 0 Å². The van der Waals surface area contributed by atoms with Gasteiger partial charge in [0.25, 0.3) is 0 Å². The lowest BCUT2D eigenvalue weighted by Crippen LogP contribution is -2.47. The number of rotatable bonds is 8. The van der Waals surface area contributed by atoms with Gasteiger partial charge in [0.2, 0.25) is 5.91 Å². The van der Waals surface area contributed by atoms with E-state index in [1.807, 2.05) is 24.3 Å². The smallest absolute Gasteiger partial charge is 0.339 e. The van der Waals surface area contributed by atoms with Crippen LogP contribution in [0.25, 0.3) is 0 Å². The molecular weight excluding hydrogens is 508 g/mol. The number of hydrogen-bond donors (Lipinski definition) is 3. The molecule has 1 aromatic carbocycles. The summed E-state index contributed by atoms with van der Waals surface area (Å²) in [5.74, 6) is -1.40. The van der Waals surface area contributed by atoms with Crippen molar-refractivity contribution in [2.24, 2.45) is 0 Å². The summed E-state index contributed by atoms with van der Waals surface area (Å²) < 4.78 is 11.7. The van der Waals surface area contributed by atoms with Crippen molar-refractivity contribution >= 4 is 23.9 Å². The second-order valence-corrected chi connectivity index (χ2v) is 8.96. The van der Waals surface area contributed by atoms with Crippen LogP contribution in [0.3, 0.4) is 0 Å². The third kappa shape index (κ3) is 8.27. The lowest BCUT2D eigenvalue weighted by molar-refractivity contribution is -0.134. The van der Waals surface area contributed by atoms with Gasteiger partial charge in [0.15, 0.2) is 11.5 Å². The first-order chi connectivity index (χ1) is 18.7. The van der Waals surface area contributed by atoms with Crippen LogP contribution < -0.4 is 14.8 Å². The number of amides is 3. The summed E-state index contributed by atoms with van der Waals surface area (Å²) in [5.41, 5.74) is 1.78. The Kier molecular flexibility index (Phi) is 10.4. The van der Waals surface area contributed by atoms with E-state index in [0.717, 1.165) is 24.0 Å². The Labute approximate surface area is 225 Å². The number of nitrogens with one attached hydrogen (secondary N) is 1. The molecule has 2 fully saturated rings. The van der Waals surface area contributed by atoms with Crippen LogP contribution in [0.5, 0.6) is 11.5 Å². The number of pyridine rings is 1. The number of carbonyl (C=O) groups excluding carboxylic acids is 2. The van der Waals surface area contributed by atoms with Gasteiger partial charge in [0, 0.05) is 38.1 Å². The Bertz CT molecular complexity index is 1180. The van der Waals surface area contributed by atoms with Crippen LogP contribution in [0.15, 0.2) is 54.9 Å². The van der Waals surface area contributed by atoms with Crippen LogP contribution in [0.1, 0.15) is 49.3 Å². The number of imide groups is 1. The van der Waals surface area contributed by atoms with E-state index < -0.39 is 18.0 Å². The zero-order valence-corrected chi connectivity index (χ0v) is 21.8. The van der Waals surface area contributed by atoms with Gasteiger partial charge in [-0.25, -0.2) is 19.4 Å². The van der Waals surface area contributed by atoms with Gasteiger partial charge < -0.3 is 25.0 Å². The largest absolute Gasteiger partial charge is 0.493 e. The number of hydrazine groups is 1. The Hall–Kier alpha value is -4.45. The number of carboxylic acids is 2. The fraction of sp³-hybridized carbons (Fsp3) is 0.370. The van der Waals surface area contributed by atoms with Gasteiger partial charge in [-0.3, -0.25) is 9.78 Å². The SMILES string of the molecule is COc1ccc([C@H]2CC(=O)N(C(=O)NCc3cccnc3)N2C)cc1OC1CCCC1.O=C(O)/C=C\C(=O)O. The predicted molar refractivity (Wildman–Crippen MR) is 139 cm³/mol. The maximum atomic E-state index is 12.7. The molecule has 1 saturated heterocycles. The molecule has 12 nitrogen and oxygen atoms in total. The Morgan fingerprint density at radius 2 is 1.79 bits per heavy atom. The number of ether oxygens (including phenoxy) is 2. The molecule has 2 heterocycles. The monoisotopic (exact) mass is 540 g/mol. The number of carbonyl (C=O) groups is 4. The number of benzene rings is 1. The van der Waals surface area contributed by atoms with Crippen molar-refractivity contribution in [1.29, 1.82) is 0 Å². The van der Waals surface area contributed by atoms with Crippen molar-refractivity contribution in [2.75, 3.05) is 14.2 Å². The van der Waals surface area contributed by atoms with Gasteiger partial charge in [0.1, 0.15) is 0 Å². The molecule has 0 unspecified atom stereocenters. The second kappa shape index (κ2) is 13.9. The topological polar surface area (TPSA) is 159 Å². The number of urea groups is 1. The molecule has 1 atom stereocenters. The van der Waals surface area contributed by atoms with E-state index in [9.17, 15) is 19.2 Å². The summed E-state index contributed by atoms with van der Waals surface area (Å²) in [5, 5.41) is 21.3. The summed E-state index contributed by atoms with van der Waals surface area (Å²) in [6.07, 6.45) is 9.32. The fourth-order valence-corrected chi connectivity index (χ4v) is 4.37. The highest BCUT2D eigenvalue weighted by Crippen LogP contribution is 2.38. The van der Waals surface area contributed by atoms with Gasteiger partial charge >= 0.3 is 18.0 Å². The minimum atomic E-state index is -1.26. The molecule has 1 aromatic heterocycles. The van der Waals surface area contributed by atoms with Crippen LogP contribution in [0.2, 0.25) is 0 Å². The average Bonchev–Trinajstić information content (AvgIpc) is 3.54. The van der Waals surface area contributed by atoms with Gasteiger partial charge in [0.05, 0.1) is 25.7 Å². The molecular formula is C27H32N4O8. The normalized spacial score (nSPS) is 17.5. The first-order valence-corrected chi connectivity index (χ1v) is 12.4. The molecule has 1 aliphatic heterocycles. The van der Waals surface area contributed by atoms with Crippen LogP contribution in [-0.2, 0) is 20.9 Å². The van der Waals surface area contributed by atoms with E-state index in [1.165, 1.54) is 17.9 Å². The minimum Gasteiger partial charge on any atom is -0.493 e. The molecule has 208 valence electrons. The number of carboxylic acid groups (broad SMARTS) is 2. The highest BCUT2D eigenvalue weighted by molar-refractivity contribution is 5.95. The number of aliphatic carboxylic acids is 2. The van der Waals surface area contributed by atoms with Crippen molar-refractivity contribution < 1.29 is 38.9 Å². The fourth-order valence-electron chi connectivity index (χ4n) is 4.37. The lowest BCUT2D eigenvalue weighted by Gasteiger charge is -2.27. The summed E-state index contributed by atoms with van der Waals surface area (Å²) in [6, 6.07) is 8.69. The van der Waals surface area contributed by atoms with E-state index in [-0.39, 0.29) is 24.5 Å². The van der Waals surface area contributed by atoms with Gasteiger partial charge in [-0.15, -0.1) is 0 Å².